The summed E-state index contributed by atoms with van der Waals surface area (Å²) in [6.45, 7) is 1.71. The predicted molar refractivity (Wildman–Crippen MR) is 66.0 cm³/mol. The zero-order valence-corrected chi connectivity index (χ0v) is 10.6. The molecule has 1 aromatic rings. The summed E-state index contributed by atoms with van der Waals surface area (Å²) in [5.74, 6) is -0.413. The van der Waals surface area contributed by atoms with Gasteiger partial charge in [0.2, 0.25) is 0 Å². The van der Waals surface area contributed by atoms with Crippen molar-refractivity contribution in [2.45, 2.75) is 30.2 Å². The van der Waals surface area contributed by atoms with Gasteiger partial charge in [-0.15, -0.1) is 11.8 Å². The van der Waals surface area contributed by atoms with Gasteiger partial charge in [-0.05, 0) is 37.7 Å². The highest BCUT2D eigenvalue weighted by molar-refractivity contribution is 7.99. The molecule has 0 radical (unpaired) electrons. The molecule has 0 spiro atoms. The van der Waals surface area contributed by atoms with E-state index in [1.807, 2.05) is 0 Å². The van der Waals surface area contributed by atoms with E-state index in [-0.39, 0.29) is 6.61 Å². The lowest BCUT2D eigenvalue weighted by Crippen LogP contribution is -2.40. The molecule has 0 saturated carbocycles. The fraction of sp³-hybridized carbons (Fsp3) is 0.500. The van der Waals surface area contributed by atoms with Crippen molar-refractivity contribution in [3.8, 4) is 0 Å². The lowest BCUT2D eigenvalue weighted by atomic mass is 9.99. The van der Waals surface area contributed by atoms with Crippen molar-refractivity contribution in [2.75, 3.05) is 12.4 Å². The molecule has 0 saturated heterocycles. The Morgan fingerprint density at radius 2 is 2.12 bits per heavy atom. The molecule has 3 N–H and O–H groups in total. The Labute approximate surface area is 104 Å². The van der Waals surface area contributed by atoms with Crippen LogP contribution in [0.25, 0.3) is 0 Å². The Morgan fingerprint density at radius 3 is 2.71 bits per heavy atom. The third-order valence-electron chi connectivity index (χ3n) is 2.40. The Kier molecular flexibility index (Phi) is 5.36. The highest BCUT2D eigenvalue weighted by Gasteiger charge is 2.16. The first-order valence-corrected chi connectivity index (χ1v) is 6.41. The summed E-state index contributed by atoms with van der Waals surface area (Å²) < 4.78 is 25.9. The molecule has 96 valence electrons. The summed E-state index contributed by atoms with van der Waals surface area (Å²) in [7, 11) is 0. The summed E-state index contributed by atoms with van der Waals surface area (Å²) in [6.07, 6.45) is 1.44. The number of hydrogen-bond donors (Lipinski definition) is 2. The first kappa shape index (κ1) is 14.4. The number of aliphatic hydroxyl groups is 1. The van der Waals surface area contributed by atoms with E-state index in [1.54, 1.807) is 6.92 Å². The first-order valence-electron chi connectivity index (χ1n) is 5.42. The molecule has 1 rings (SSSR count). The maximum atomic E-state index is 13.3. The predicted octanol–water partition coefficient (Wildman–Crippen LogP) is 2.55. The van der Waals surface area contributed by atoms with Gasteiger partial charge in [-0.2, -0.15) is 0 Å². The van der Waals surface area contributed by atoms with Gasteiger partial charge in [0.25, 0.3) is 0 Å². The lowest BCUT2D eigenvalue weighted by Gasteiger charge is -2.21. The van der Waals surface area contributed by atoms with Crippen LogP contribution in [0.3, 0.4) is 0 Å². The molecule has 0 fully saturated rings. The molecule has 0 heterocycles. The number of nitrogens with two attached hydrogens (primary N) is 1. The SMILES string of the molecule is CC(N)(CO)CCCSc1ccc(F)cc1F. The van der Waals surface area contributed by atoms with Crippen LogP contribution in [0.1, 0.15) is 19.8 Å². The average molecular weight is 261 g/mol. The van der Waals surface area contributed by atoms with Gasteiger partial charge in [0, 0.05) is 16.5 Å². The first-order chi connectivity index (χ1) is 7.94. The van der Waals surface area contributed by atoms with Crippen molar-refractivity contribution >= 4 is 11.8 Å². The van der Waals surface area contributed by atoms with Crippen LogP contribution in [-0.4, -0.2) is 23.0 Å². The van der Waals surface area contributed by atoms with Crippen molar-refractivity contribution in [3.05, 3.63) is 29.8 Å². The highest BCUT2D eigenvalue weighted by Crippen LogP contribution is 2.24. The molecule has 0 aliphatic heterocycles. The van der Waals surface area contributed by atoms with E-state index in [2.05, 4.69) is 0 Å². The minimum absolute atomic E-state index is 0.0669. The van der Waals surface area contributed by atoms with E-state index < -0.39 is 17.2 Å². The minimum atomic E-state index is -0.581. The largest absolute Gasteiger partial charge is 0.394 e. The van der Waals surface area contributed by atoms with E-state index in [0.717, 1.165) is 12.5 Å². The third-order valence-corrected chi connectivity index (χ3v) is 3.54. The van der Waals surface area contributed by atoms with Crippen molar-refractivity contribution in [3.63, 3.8) is 0 Å². The van der Waals surface area contributed by atoms with Gasteiger partial charge >= 0.3 is 0 Å². The molecule has 17 heavy (non-hydrogen) atoms. The maximum absolute atomic E-state index is 13.3. The highest BCUT2D eigenvalue weighted by atomic mass is 32.2. The zero-order valence-electron chi connectivity index (χ0n) is 9.75. The topological polar surface area (TPSA) is 46.2 Å². The second-order valence-corrected chi connectivity index (χ2v) is 5.48. The van der Waals surface area contributed by atoms with Crippen molar-refractivity contribution in [1.29, 1.82) is 0 Å². The van der Waals surface area contributed by atoms with Crippen LogP contribution in [0.5, 0.6) is 0 Å². The number of benzene rings is 1. The van der Waals surface area contributed by atoms with Crippen molar-refractivity contribution in [2.24, 2.45) is 5.73 Å². The Bertz CT molecular complexity index is 372. The molecule has 0 amide bonds. The van der Waals surface area contributed by atoms with Gasteiger partial charge in [0.05, 0.1) is 6.61 Å². The number of thioether (sulfide) groups is 1. The Balaban J connectivity index is 2.36. The van der Waals surface area contributed by atoms with Gasteiger partial charge in [-0.25, -0.2) is 8.78 Å². The average Bonchev–Trinajstić information content (AvgIpc) is 2.27. The molecule has 1 unspecified atom stereocenters. The molecular formula is C12H17F2NOS. The van der Waals surface area contributed by atoms with E-state index in [1.165, 1.54) is 23.9 Å². The van der Waals surface area contributed by atoms with Gasteiger partial charge in [0.15, 0.2) is 0 Å². The number of rotatable bonds is 6. The summed E-state index contributed by atoms with van der Waals surface area (Å²) in [6, 6.07) is 3.55. The quantitative estimate of drug-likeness (QED) is 0.611. The van der Waals surface area contributed by atoms with Crippen LogP contribution in [0.15, 0.2) is 23.1 Å². The van der Waals surface area contributed by atoms with Gasteiger partial charge in [-0.1, -0.05) is 0 Å². The minimum Gasteiger partial charge on any atom is -0.394 e. The second-order valence-electron chi connectivity index (χ2n) is 4.34. The molecule has 0 aliphatic carbocycles. The normalized spacial score (nSPS) is 14.6. The van der Waals surface area contributed by atoms with Crippen LogP contribution in [0.2, 0.25) is 0 Å². The van der Waals surface area contributed by atoms with E-state index in [9.17, 15) is 8.78 Å². The van der Waals surface area contributed by atoms with Crippen LogP contribution in [0, 0.1) is 11.6 Å². The monoisotopic (exact) mass is 261 g/mol. The fourth-order valence-corrected chi connectivity index (χ4v) is 2.20. The van der Waals surface area contributed by atoms with Crippen LogP contribution < -0.4 is 5.73 Å². The van der Waals surface area contributed by atoms with Gasteiger partial charge in [0.1, 0.15) is 11.6 Å². The maximum Gasteiger partial charge on any atom is 0.139 e. The van der Waals surface area contributed by atoms with Crippen molar-refractivity contribution in [1.82, 2.24) is 0 Å². The number of hydrogen-bond acceptors (Lipinski definition) is 3. The van der Waals surface area contributed by atoms with E-state index >= 15 is 0 Å². The van der Waals surface area contributed by atoms with Crippen LogP contribution in [0.4, 0.5) is 8.78 Å². The molecule has 2 nitrogen and oxygen atoms in total. The third kappa shape index (κ3) is 5.02. The van der Waals surface area contributed by atoms with Gasteiger partial charge < -0.3 is 10.8 Å². The molecule has 1 atom stereocenters. The molecule has 5 heteroatoms. The summed E-state index contributed by atoms with van der Waals surface area (Å²) in [4.78, 5) is 0.439. The Morgan fingerprint density at radius 1 is 1.41 bits per heavy atom. The number of halogens is 2. The van der Waals surface area contributed by atoms with Crippen LogP contribution >= 0.6 is 11.8 Å². The molecule has 1 aromatic carbocycles. The molecule has 0 aliphatic rings. The summed E-state index contributed by atoms with van der Waals surface area (Å²) in [5.41, 5.74) is 5.18. The fourth-order valence-electron chi connectivity index (χ4n) is 1.33. The summed E-state index contributed by atoms with van der Waals surface area (Å²) in [5, 5.41) is 8.95. The molecule has 0 bridgehead atoms. The zero-order chi connectivity index (χ0) is 12.9. The van der Waals surface area contributed by atoms with E-state index in [4.69, 9.17) is 10.8 Å². The molecular weight excluding hydrogens is 244 g/mol. The van der Waals surface area contributed by atoms with E-state index in [0.29, 0.717) is 17.1 Å². The van der Waals surface area contributed by atoms with Crippen LogP contribution in [-0.2, 0) is 0 Å². The molecule has 0 aromatic heterocycles. The second kappa shape index (κ2) is 6.33. The standard InChI is InChI=1S/C12H17F2NOS/c1-12(15,8-16)5-2-6-17-11-4-3-9(13)7-10(11)14/h3-4,7,16H,2,5-6,8,15H2,1H3. The lowest BCUT2D eigenvalue weighted by molar-refractivity contribution is 0.200. The Hall–Kier alpha value is -0.650. The summed E-state index contributed by atoms with van der Waals surface area (Å²) >= 11 is 1.33. The number of aliphatic hydroxyl groups excluding tert-OH is 1. The van der Waals surface area contributed by atoms with Crippen molar-refractivity contribution < 1.29 is 13.9 Å². The smallest absolute Gasteiger partial charge is 0.139 e. The van der Waals surface area contributed by atoms with Gasteiger partial charge in [-0.3, -0.25) is 0 Å².